The zero-order valence-corrected chi connectivity index (χ0v) is 28.7. The van der Waals surface area contributed by atoms with E-state index in [1.54, 1.807) is 0 Å². The normalized spacial score (nSPS) is 15.5. The molecule has 0 fully saturated rings. The molecule has 2 atom stereocenters. The molecule has 0 aromatic heterocycles. The Kier molecular flexibility index (Phi) is 8.93. The van der Waals surface area contributed by atoms with Crippen LogP contribution in [0.2, 0.25) is 0 Å². The molecule has 0 amide bonds. The number of nitrogens with zero attached hydrogens (tertiary/aromatic N) is 2. The highest BCUT2D eigenvalue weighted by Crippen LogP contribution is 2.36. The lowest BCUT2D eigenvalue weighted by molar-refractivity contribution is 0.542. The minimum absolute atomic E-state index is 0.0440. The third kappa shape index (κ3) is 6.79. The van der Waals surface area contributed by atoms with Crippen molar-refractivity contribution in [3.05, 3.63) is 199 Å². The SMILES string of the molecule is CC(/N=C(\N=C(/N)c1ccc(-c2ccccc2)cc1)c1ccc(-c2ccccc2)cc1)C1C=C(c2cc3ccccc3c3ccccc23)C=CC1. The molecule has 0 heterocycles. The van der Waals surface area contributed by atoms with Crippen molar-refractivity contribution in [2.45, 2.75) is 19.4 Å². The summed E-state index contributed by atoms with van der Waals surface area (Å²) in [6.45, 7) is 2.19. The van der Waals surface area contributed by atoms with Crippen LogP contribution in [0.1, 0.15) is 30.0 Å². The van der Waals surface area contributed by atoms with Crippen LogP contribution >= 0.6 is 0 Å². The molecule has 7 aromatic carbocycles. The Morgan fingerprint density at radius 3 is 1.76 bits per heavy atom. The number of nitrogens with two attached hydrogens (primary N) is 1. The van der Waals surface area contributed by atoms with E-state index in [0.29, 0.717) is 11.7 Å². The van der Waals surface area contributed by atoms with Crippen molar-refractivity contribution in [3.63, 3.8) is 0 Å². The van der Waals surface area contributed by atoms with E-state index in [9.17, 15) is 0 Å². The number of amidine groups is 2. The van der Waals surface area contributed by atoms with E-state index in [1.165, 1.54) is 43.8 Å². The fourth-order valence-corrected chi connectivity index (χ4v) is 7.06. The average Bonchev–Trinajstić information content (AvgIpc) is 3.21. The quantitative estimate of drug-likeness (QED) is 0.103. The fourth-order valence-electron chi connectivity index (χ4n) is 7.06. The topological polar surface area (TPSA) is 50.7 Å². The smallest absolute Gasteiger partial charge is 0.157 e. The van der Waals surface area contributed by atoms with Crippen LogP contribution in [0.4, 0.5) is 0 Å². The molecule has 3 heteroatoms. The Balaban J connectivity index is 1.15. The number of fused-ring (bicyclic) bond motifs is 3. The lowest BCUT2D eigenvalue weighted by atomic mass is 9.85. The van der Waals surface area contributed by atoms with Gasteiger partial charge in [0.25, 0.3) is 0 Å². The van der Waals surface area contributed by atoms with Gasteiger partial charge in [-0.2, -0.15) is 0 Å². The van der Waals surface area contributed by atoms with Crippen molar-refractivity contribution >= 4 is 38.8 Å². The number of hydrogen-bond acceptors (Lipinski definition) is 1. The number of allylic oxidation sites excluding steroid dienone is 3. The summed E-state index contributed by atoms with van der Waals surface area (Å²) in [5.41, 5.74) is 15.6. The van der Waals surface area contributed by atoms with Crippen LogP contribution < -0.4 is 5.73 Å². The molecule has 51 heavy (non-hydrogen) atoms. The Bertz CT molecular complexity index is 2440. The van der Waals surface area contributed by atoms with E-state index >= 15 is 0 Å². The van der Waals surface area contributed by atoms with Gasteiger partial charge in [-0.25, -0.2) is 4.99 Å². The molecule has 0 bridgehead atoms. The molecule has 0 radical (unpaired) electrons. The van der Waals surface area contributed by atoms with Crippen molar-refractivity contribution in [1.82, 2.24) is 0 Å². The monoisotopic (exact) mass is 657 g/mol. The molecule has 1 aliphatic carbocycles. The maximum Gasteiger partial charge on any atom is 0.157 e. The molecule has 1 aliphatic rings. The summed E-state index contributed by atoms with van der Waals surface area (Å²) in [7, 11) is 0. The van der Waals surface area contributed by atoms with E-state index < -0.39 is 0 Å². The van der Waals surface area contributed by atoms with Crippen LogP contribution in [0.25, 0.3) is 49.4 Å². The maximum absolute atomic E-state index is 6.74. The van der Waals surface area contributed by atoms with Crippen molar-refractivity contribution < 1.29 is 0 Å². The Morgan fingerprint density at radius 2 is 1.12 bits per heavy atom. The van der Waals surface area contributed by atoms with Gasteiger partial charge in [-0.3, -0.25) is 4.99 Å². The Hall–Kier alpha value is -6.32. The second-order valence-electron chi connectivity index (χ2n) is 13.2. The summed E-state index contributed by atoms with van der Waals surface area (Å²) in [5, 5.41) is 5.06. The molecule has 2 N–H and O–H groups in total. The van der Waals surface area contributed by atoms with Gasteiger partial charge < -0.3 is 5.73 Å². The lowest BCUT2D eigenvalue weighted by Gasteiger charge is -2.22. The van der Waals surface area contributed by atoms with Gasteiger partial charge in [0.1, 0.15) is 5.84 Å². The zero-order chi connectivity index (χ0) is 34.6. The molecule has 7 aromatic rings. The highest BCUT2D eigenvalue weighted by molar-refractivity contribution is 6.13. The van der Waals surface area contributed by atoms with E-state index in [4.69, 9.17) is 15.7 Å². The molecular formula is C48H39N3. The minimum Gasteiger partial charge on any atom is -0.383 e. The average molecular weight is 658 g/mol. The molecule has 0 saturated heterocycles. The summed E-state index contributed by atoms with van der Waals surface area (Å²) < 4.78 is 0. The summed E-state index contributed by atoms with van der Waals surface area (Å²) in [4.78, 5) is 10.3. The number of rotatable bonds is 7. The van der Waals surface area contributed by atoms with Crippen molar-refractivity contribution in [3.8, 4) is 22.3 Å². The first kappa shape index (κ1) is 31.9. The first-order valence-electron chi connectivity index (χ1n) is 17.6. The van der Waals surface area contributed by atoms with E-state index in [2.05, 4.69) is 165 Å². The molecule has 3 nitrogen and oxygen atoms in total. The second kappa shape index (κ2) is 14.3. The molecular weight excluding hydrogens is 619 g/mol. The molecule has 0 saturated carbocycles. The van der Waals surface area contributed by atoms with E-state index in [1.807, 2.05) is 24.3 Å². The molecule has 0 aliphatic heterocycles. The van der Waals surface area contributed by atoms with Crippen LogP contribution in [-0.2, 0) is 0 Å². The van der Waals surface area contributed by atoms with Gasteiger partial charge in [-0.1, -0.05) is 176 Å². The van der Waals surface area contributed by atoms with Crippen LogP contribution in [0, 0.1) is 5.92 Å². The predicted octanol–water partition coefficient (Wildman–Crippen LogP) is 11.5. The van der Waals surface area contributed by atoms with Gasteiger partial charge in [0, 0.05) is 17.0 Å². The van der Waals surface area contributed by atoms with Gasteiger partial charge >= 0.3 is 0 Å². The minimum atomic E-state index is -0.0440. The highest BCUT2D eigenvalue weighted by atomic mass is 15.0. The van der Waals surface area contributed by atoms with Crippen LogP contribution in [0.15, 0.2) is 192 Å². The third-order valence-corrected chi connectivity index (χ3v) is 9.89. The lowest BCUT2D eigenvalue weighted by Crippen LogP contribution is -2.20. The summed E-state index contributed by atoms with van der Waals surface area (Å²) >= 11 is 0. The fraction of sp³-hybridized carbons (Fsp3) is 0.0833. The standard InChI is InChI=1S/C48H39N3/c1-33(40-18-12-19-41(31-40)46-32-42-17-8-9-20-43(42)44-21-10-11-22-45(44)46)50-48(39-29-25-37(26-30-39)35-15-6-3-7-16-35)51-47(49)38-27-23-36(24-28-38)34-13-4-2-5-14-34/h2-17,19-33,40H,18H2,1H3,(H2,49,50,51). The van der Waals surface area contributed by atoms with Crippen LogP contribution in [-0.4, -0.2) is 17.7 Å². The Labute approximate surface area is 299 Å². The summed E-state index contributed by atoms with van der Waals surface area (Å²) in [5.74, 6) is 1.26. The first-order valence-corrected chi connectivity index (χ1v) is 17.6. The van der Waals surface area contributed by atoms with Gasteiger partial charge in [-0.15, -0.1) is 0 Å². The molecule has 8 rings (SSSR count). The molecule has 0 spiro atoms. The number of benzene rings is 7. The van der Waals surface area contributed by atoms with Crippen LogP contribution in [0.5, 0.6) is 0 Å². The van der Waals surface area contributed by atoms with E-state index in [-0.39, 0.29) is 12.0 Å². The van der Waals surface area contributed by atoms with Crippen LogP contribution in [0.3, 0.4) is 0 Å². The summed E-state index contributed by atoms with van der Waals surface area (Å²) in [6, 6.07) is 57.2. The molecule has 2 unspecified atom stereocenters. The van der Waals surface area contributed by atoms with Crippen molar-refractivity contribution in [2.75, 3.05) is 0 Å². The number of aliphatic imine (C=N–C) groups is 2. The maximum atomic E-state index is 6.74. The predicted molar refractivity (Wildman–Crippen MR) is 217 cm³/mol. The summed E-state index contributed by atoms with van der Waals surface area (Å²) in [6.07, 6.45) is 7.86. The van der Waals surface area contributed by atoms with Crippen molar-refractivity contribution in [1.29, 1.82) is 0 Å². The zero-order valence-electron chi connectivity index (χ0n) is 28.7. The van der Waals surface area contributed by atoms with Gasteiger partial charge in [0.05, 0.1) is 6.04 Å². The third-order valence-electron chi connectivity index (χ3n) is 9.89. The van der Waals surface area contributed by atoms with Crippen molar-refractivity contribution in [2.24, 2.45) is 21.6 Å². The first-order chi connectivity index (χ1) is 25.1. The van der Waals surface area contributed by atoms with Gasteiger partial charge in [0.2, 0.25) is 0 Å². The number of hydrogen-bond donors (Lipinski definition) is 1. The van der Waals surface area contributed by atoms with Gasteiger partial charge in [-0.05, 0) is 74.3 Å². The highest BCUT2D eigenvalue weighted by Gasteiger charge is 2.20. The van der Waals surface area contributed by atoms with E-state index in [0.717, 1.165) is 28.7 Å². The Morgan fingerprint density at radius 1 is 0.588 bits per heavy atom. The second-order valence-corrected chi connectivity index (χ2v) is 13.2. The molecule has 246 valence electrons. The van der Waals surface area contributed by atoms with Gasteiger partial charge in [0.15, 0.2) is 5.84 Å². The largest absolute Gasteiger partial charge is 0.383 e.